The lowest BCUT2D eigenvalue weighted by Crippen LogP contribution is -2.26. The maximum absolute atomic E-state index is 12.1. The molecular formula is C5H10B2BrFO. The van der Waals surface area contributed by atoms with Crippen molar-refractivity contribution in [2.45, 2.75) is 31.0 Å². The van der Waals surface area contributed by atoms with Gasteiger partial charge in [-0.05, 0) is 6.92 Å². The SMILES string of the molecule is CC(F)C(O)C(C)Br.[B][B]. The highest BCUT2D eigenvalue weighted by molar-refractivity contribution is 9.09. The van der Waals surface area contributed by atoms with E-state index in [0.717, 1.165) is 0 Å². The fourth-order valence-electron chi connectivity index (χ4n) is 0.365. The van der Waals surface area contributed by atoms with Crippen molar-refractivity contribution in [2.75, 3.05) is 0 Å². The summed E-state index contributed by atoms with van der Waals surface area (Å²) in [5.74, 6) is 0. The van der Waals surface area contributed by atoms with Gasteiger partial charge in [-0.1, -0.05) is 22.9 Å². The van der Waals surface area contributed by atoms with E-state index in [4.69, 9.17) is 5.11 Å². The summed E-state index contributed by atoms with van der Waals surface area (Å²) in [5, 5.41) is 8.78. The van der Waals surface area contributed by atoms with E-state index in [2.05, 4.69) is 31.4 Å². The van der Waals surface area contributed by atoms with Gasteiger partial charge in [-0.15, -0.1) is 0 Å². The lowest BCUT2D eigenvalue weighted by atomic mass is 9.81. The predicted molar refractivity (Wildman–Crippen MR) is 46.5 cm³/mol. The Morgan fingerprint density at radius 2 is 1.70 bits per heavy atom. The van der Waals surface area contributed by atoms with Crippen LogP contribution in [0.25, 0.3) is 0 Å². The summed E-state index contributed by atoms with van der Waals surface area (Å²) in [6, 6.07) is 0. The Morgan fingerprint density at radius 3 is 1.70 bits per heavy atom. The van der Waals surface area contributed by atoms with Crippen molar-refractivity contribution in [1.82, 2.24) is 0 Å². The summed E-state index contributed by atoms with van der Waals surface area (Å²) in [6.45, 7) is 3.04. The van der Waals surface area contributed by atoms with Gasteiger partial charge in [0.25, 0.3) is 0 Å². The molecule has 1 nitrogen and oxygen atoms in total. The Morgan fingerprint density at radius 1 is 1.40 bits per heavy atom. The largest absolute Gasteiger partial charge is 0.389 e. The highest BCUT2D eigenvalue weighted by atomic mass is 79.9. The minimum atomic E-state index is -1.15. The molecule has 3 atom stereocenters. The van der Waals surface area contributed by atoms with Crippen LogP contribution in [0.2, 0.25) is 0 Å². The highest BCUT2D eigenvalue weighted by Crippen LogP contribution is 2.09. The zero-order valence-corrected chi connectivity index (χ0v) is 7.68. The molecule has 0 bridgehead atoms. The lowest BCUT2D eigenvalue weighted by molar-refractivity contribution is 0.0909. The van der Waals surface area contributed by atoms with Crippen molar-refractivity contribution >= 4 is 31.4 Å². The number of hydrogen-bond donors (Lipinski definition) is 1. The Hall–Kier alpha value is 0.500. The molecule has 1 N–H and O–H groups in total. The fraction of sp³-hybridized carbons (Fsp3) is 1.00. The summed E-state index contributed by atoms with van der Waals surface area (Å²) in [5.41, 5.74) is 0. The van der Waals surface area contributed by atoms with Crippen molar-refractivity contribution in [1.29, 1.82) is 0 Å². The van der Waals surface area contributed by atoms with Crippen LogP contribution in [0.3, 0.4) is 0 Å². The normalized spacial score (nSPS) is 18.1. The van der Waals surface area contributed by atoms with Gasteiger partial charge in [0.1, 0.15) is 6.17 Å². The van der Waals surface area contributed by atoms with E-state index in [1.807, 2.05) is 0 Å². The molecule has 0 aromatic carbocycles. The highest BCUT2D eigenvalue weighted by Gasteiger charge is 2.17. The third-order valence-corrected chi connectivity index (χ3v) is 1.48. The van der Waals surface area contributed by atoms with Gasteiger partial charge in [-0.25, -0.2) is 4.39 Å². The average molecular weight is 207 g/mol. The monoisotopic (exact) mass is 206 g/mol. The molecule has 0 saturated carbocycles. The molecule has 0 aromatic rings. The molecule has 0 rings (SSSR count). The van der Waals surface area contributed by atoms with E-state index in [-0.39, 0.29) is 4.83 Å². The number of aliphatic hydroxyl groups excluding tert-OH is 1. The van der Waals surface area contributed by atoms with Crippen LogP contribution in [-0.2, 0) is 0 Å². The first-order valence-electron chi connectivity index (χ1n) is 2.85. The van der Waals surface area contributed by atoms with Gasteiger partial charge < -0.3 is 5.11 Å². The number of hydrogen-bond acceptors (Lipinski definition) is 1. The fourth-order valence-corrected chi connectivity index (χ4v) is 0.786. The first kappa shape index (κ1) is 13.1. The van der Waals surface area contributed by atoms with E-state index >= 15 is 0 Å². The van der Waals surface area contributed by atoms with Gasteiger partial charge in [0.15, 0.2) is 0 Å². The maximum Gasteiger partial charge on any atom is 0.124 e. The number of halogens is 2. The van der Waals surface area contributed by atoms with E-state index in [9.17, 15) is 4.39 Å². The minimum absolute atomic E-state index is 0.164. The molecule has 0 fully saturated rings. The average Bonchev–Trinajstić information content (AvgIpc) is 1.90. The van der Waals surface area contributed by atoms with Crippen LogP contribution in [0, 0.1) is 0 Å². The first-order chi connectivity index (χ1) is 4.55. The molecule has 5 heteroatoms. The van der Waals surface area contributed by atoms with Crippen molar-refractivity contribution in [3.63, 3.8) is 0 Å². The molecule has 0 aliphatic rings. The molecule has 56 valence electrons. The summed E-state index contributed by atoms with van der Waals surface area (Å²) in [6.07, 6.45) is -2.03. The third-order valence-electron chi connectivity index (χ3n) is 0.941. The number of aliphatic hydroxyl groups is 1. The van der Waals surface area contributed by atoms with Crippen molar-refractivity contribution in [3.05, 3.63) is 0 Å². The van der Waals surface area contributed by atoms with Crippen molar-refractivity contribution in [2.24, 2.45) is 0 Å². The van der Waals surface area contributed by atoms with E-state index in [1.165, 1.54) is 6.92 Å². The Kier molecular flexibility index (Phi) is 9.97. The molecule has 4 radical (unpaired) electrons. The summed E-state index contributed by atoms with van der Waals surface area (Å²) in [7, 11) is 8.00. The van der Waals surface area contributed by atoms with Crippen LogP contribution in [0.5, 0.6) is 0 Å². The van der Waals surface area contributed by atoms with Crippen LogP contribution in [0.4, 0.5) is 4.39 Å². The lowest BCUT2D eigenvalue weighted by Gasteiger charge is -2.12. The second-order valence-electron chi connectivity index (χ2n) is 1.85. The van der Waals surface area contributed by atoms with Gasteiger partial charge in [0.05, 0.1) is 6.10 Å². The molecular weight excluding hydrogens is 197 g/mol. The van der Waals surface area contributed by atoms with Crippen LogP contribution in [-0.4, -0.2) is 37.7 Å². The van der Waals surface area contributed by atoms with Crippen LogP contribution in [0.1, 0.15) is 13.8 Å². The topological polar surface area (TPSA) is 20.2 Å². The Balaban J connectivity index is 0. The third kappa shape index (κ3) is 6.62. The molecule has 3 unspecified atom stereocenters. The van der Waals surface area contributed by atoms with Gasteiger partial charge in [-0.3, -0.25) is 0 Å². The summed E-state index contributed by atoms with van der Waals surface area (Å²) in [4.78, 5) is -0.164. The van der Waals surface area contributed by atoms with Crippen LogP contribution >= 0.6 is 15.9 Å². The zero-order chi connectivity index (χ0) is 8.73. The minimum Gasteiger partial charge on any atom is -0.389 e. The van der Waals surface area contributed by atoms with Crippen molar-refractivity contribution < 1.29 is 9.50 Å². The van der Waals surface area contributed by atoms with Crippen LogP contribution < -0.4 is 0 Å². The van der Waals surface area contributed by atoms with E-state index in [0.29, 0.717) is 0 Å². The quantitative estimate of drug-likeness (QED) is 0.522. The molecule has 0 spiro atoms. The second-order valence-corrected chi connectivity index (χ2v) is 3.29. The van der Waals surface area contributed by atoms with E-state index in [1.54, 1.807) is 6.92 Å². The second kappa shape index (κ2) is 7.61. The standard InChI is InChI=1S/C5H10BrFO.B2/c1-3(6)5(8)4(2)7;1-2/h3-5,8H,1-2H3;. The Labute approximate surface area is 72.3 Å². The molecule has 0 heterocycles. The van der Waals surface area contributed by atoms with Gasteiger partial charge >= 0.3 is 0 Å². The smallest absolute Gasteiger partial charge is 0.124 e. The summed E-state index contributed by atoms with van der Waals surface area (Å²) >= 11 is 3.05. The van der Waals surface area contributed by atoms with Gasteiger partial charge in [-0.2, -0.15) is 0 Å². The molecule has 0 aromatic heterocycles. The van der Waals surface area contributed by atoms with Crippen molar-refractivity contribution in [3.8, 4) is 0 Å². The Bertz CT molecular complexity index is 64.7. The number of rotatable bonds is 2. The molecule has 10 heavy (non-hydrogen) atoms. The predicted octanol–water partition coefficient (Wildman–Crippen LogP) is 0.727. The van der Waals surface area contributed by atoms with Gasteiger partial charge in [0, 0.05) is 20.3 Å². The van der Waals surface area contributed by atoms with E-state index < -0.39 is 12.3 Å². The molecule has 0 aliphatic carbocycles. The molecule has 0 aliphatic heterocycles. The van der Waals surface area contributed by atoms with Crippen LogP contribution in [0.15, 0.2) is 0 Å². The molecule has 0 saturated heterocycles. The molecule has 0 amide bonds. The van der Waals surface area contributed by atoms with Gasteiger partial charge in [0.2, 0.25) is 0 Å². The number of alkyl halides is 2. The first-order valence-corrected chi connectivity index (χ1v) is 3.77. The maximum atomic E-state index is 12.1. The zero-order valence-electron chi connectivity index (χ0n) is 6.09. The summed E-state index contributed by atoms with van der Waals surface area (Å²) < 4.78 is 12.1.